The molecule has 1 aromatic carbocycles. The zero-order chi connectivity index (χ0) is 17.9. The van der Waals surface area contributed by atoms with Crippen molar-refractivity contribution in [2.75, 3.05) is 13.1 Å². The molecule has 0 radical (unpaired) electrons. The first-order valence-corrected chi connectivity index (χ1v) is 10.2. The van der Waals surface area contributed by atoms with Gasteiger partial charge in [-0.3, -0.25) is 0 Å². The number of halogens is 1. The predicted octanol–water partition coefficient (Wildman–Crippen LogP) is 1.85. The van der Waals surface area contributed by atoms with Crippen molar-refractivity contribution < 1.29 is 12.8 Å². The molecule has 0 bridgehead atoms. The molecule has 136 valence electrons. The number of nitrogens with one attached hydrogen (secondary N) is 2. The molecule has 0 saturated carbocycles. The van der Waals surface area contributed by atoms with Gasteiger partial charge in [0.1, 0.15) is 0 Å². The molecule has 1 saturated heterocycles. The molecule has 0 aliphatic carbocycles. The minimum atomic E-state index is -3.41. The summed E-state index contributed by atoms with van der Waals surface area (Å²) in [6.45, 7) is 2.65. The number of sulfonamides is 1. The fraction of sp³-hybridized carbons (Fsp3) is 0.500. The quantitative estimate of drug-likeness (QED) is 0.756. The molecule has 0 amide bonds. The molecule has 2 N–H and O–H groups in total. The van der Waals surface area contributed by atoms with Gasteiger partial charge in [0.2, 0.25) is 21.8 Å². The molecule has 1 fully saturated rings. The minimum Gasteiger partial charge on any atom is -0.424 e. The predicted molar refractivity (Wildman–Crippen MR) is 94.9 cm³/mol. The Morgan fingerprint density at radius 2 is 2.08 bits per heavy atom. The fourth-order valence-corrected chi connectivity index (χ4v) is 4.29. The molecule has 25 heavy (non-hydrogen) atoms. The van der Waals surface area contributed by atoms with Crippen LogP contribution in [0, 0.1) is 0 Å². The number of aryl methyl sites for hydroxylation is 1. The summed E-state index contributed by atoms with van der Waals surface area (Å²) in [7, 11) is -3.41. The molecule has 9 heteroatoms. The molecule has 1 aliphatic heterocycles. The highest BCUT2D eigenvalue weighted by molar-refractivity contribution is 7.90. The number of aromatic nitrogens is 2. The molecule has 1 aromatic heterocycles. The van der Waals surface area contributed by atoms with Crippen molar-refractivity contribution in [3.8, 4) is 0 Å². The normalized spacial score (nSPS) is 20.9. The van der Waals surface area contributed by atoms with E-state index in [2.05, 4.69) is 20.2 Å². The van der Waals surface area contributed by atoms with Gasteiger partial charge in [-0.15, -0.1) is 10.2 Å². The van der Waals surface area contributed by atoms with E-state index in [1.165, 1.54) is 0 Å². The van der Waals surface area contributed by atoms with E-state index in [1.807, 2.05) is 19.1 Å². The fourth-order valence-electron chi connectivity index (χ4n) is 2.78. The van der Waals surface area contributed by atoms with E-state index >= 15 is 0 Å². The summed E-state index contributed by atoms with van der Waals surface area (Å²) in [5.41, 5.74) is 1.03. The van der Waals surface area contributed by atoms with E-state index in [0.717, 1.165) is 5.56 Å². The standard InChI is InChI=1S/C16H21ClN4O3S/c1-2-15-20-21-16(24-15)14-9-13(10-18-14)25(22,23)19-8-7-11-3-5-12(17)6-4-11/h3-6,13-14,18-19H,2,7-10H2,1H3. The van der Waals surface area contributed by atoms with Gasteiger partial charge in [0.05, 0.1) is 11.3 Å². The number of hydrogen-bond donors (Lipinski definition) is 2. The highest BCUT2D eigenvalue weighted by Crippen LogP contribution is 2.26. The Balaban J connectivity index is 1.53. The van der Waals surface area contributed by atoms with Crippen molar-refractivity contribution in [3.05, 3.63) is 46.6 Å². The van der Waals surface area contributed by atoms with Gasteiger partial charge in [0.15, 0.2) is 0 Å². The van der Waals surface area contributed by atoms with Crippen LogP contribution in [0.1, 0.15) is 36.7 Å². The maximum Gasteiger partial charge on any atom is 0.233 e. The molecule has 3 rings (SSSR count). The summed E-state index contributed by atoms with van der Waals surface area (Å²) in [6, 6.07) is 7.16. The average molecular weight is 385 g/mol. The number of hydrogen-bond acceptors (Lipinski definition) is 6. The Labute approximate surface area is 152 Å². The van der Waals surface area contributed by atoms with E-state index in [0.29, 0.717) is 49.2 Å². The first-order valence-electron chi connectivity index (χ1n) is 8.26. The molecule has 2 heterocycles. The van der Waals surface area contributed by atoms with Crippen molar-refractivity contribution in [2.24, 2.45) is 0 Å². The van der Waals surface area contributed by atoms with Crippen LogP contribution in [0.5, 0.6) is 0 Å². The number of rotatable bonds is 7. The van der Waals surface area contributed by atoms with Gasteiger partial charge in [-0.25, -0.2) is 13.1 Å². The lowest BCUT2D eigenvalue weighted by molar-refractivity contribution is 0.405. The highest BCUT2D eigenvalue weighted by Gasteiger charge is 2.36. The molecule has 0 spiro atoms. The van der Waals surface area contributed by atoms with E-state index < -0.39 is 15.3 Å². The lowest BCUT2D eigenvalue weighted by Crippen LogP contribution is -2.36. The first kappa shape index (κ1) is 18.3. The van der Waals surface area contributed by atoms with Crippen LogP contribution in [0.2, 0.25) is 5.02 Å². The number of nitrogens with zero attached hydrogens (tertiary/aromatic N) is 2. The van der Waals surface area contributed by atoms with Crippen LogP contribution in [-0.2, 0) is 22.9 Å². The SMILES string of the molecule is CCc1nnc(C2CC(S(=O)(=O)NCCc3ccc(Cl)cc3)CN2)o1. The highest BCUT2D eigenvalue weighted by atomic mass is 35.5. The number of benzene rings is 1. The van der Waals surface area contributed by atoms with Crippen molar-refractivity contribution in [1.82, 2.24) is 20.2 Å². The van der Waals surface area contributed by atoms with Crippen LogP contribution in [-0.4, -0.2) is 37.0 Å². The molecular weight excluding hydrogens is 364 g/mol. The topological polar surface area (TPSA) is 97.1 Å². The monoisotopic (exact) mass is 384 g/mol. The minimum absolute atomic E-state index is 0.217. The molecule has 2 unspecified atom stereocenters. The van der Waals surface area contributed by atoms with E-state index in [4.69, 9.17) is 16.0 Å². The average Bonchev–Trinajstić information content (AvgIpc) is 3.25. The van der Waals surface area contributed by atoms with Crippen LogP contribution in [0.25, 0.3) is 0 Å². The van der Waals surface area contributed by atoms with Gasteiger partial charge in [0, 0.05) is 24.5 Å². The van der Waals surface area contributed by atoms with E-state index in [1.54, 1.807) is 12.1 Å². The van der Waals surface area contributed by atoms with Crippen LogP contribution in [0.15, 0.2) is 28.7 Å². The summed E-state index contributed by atoms with van der Waals surface area (Å²) in [5.74, 6) is 1.01. The maximum atomic E-state index is 12.5. The smallest absolute Gasteiger partial charge is 0.233 e. The second kappa shape index (κ2) is 7.82. The van der Waals surface area contributed by atoms with Gasteiger partial charge >= 0.3 is 0 Å². The largest absolute Gasteiger partial charge is 0.424 e. The molecule has 2 aromatic rings. The first-order chi connectivity index (χ1) is 12.0. The zero-order valence-corrected chi connectivity index (χ0v) is 15.5. The molecular formula is C16H21ClN4O3S. The molecule has 1 aliphatic rings. The summed E-state index contributed by atoms with van der Waals surface area (Å²) < 4.78 is 33.2. The van der Waals surface area contributed by atoms with Crippen molar-refractivity contribution in [2.45, 2.75) is 37.5 Å². The zero-order valence-electron chi connectivity index (χ0n) is 13.9. The lowest BCUT2D eigenvalue weighted by Gasteiger charge is -2.12. The summed E-state index contributed by atoms with van der Waals surface area (Å²) in [4.78, 5) is 0. The van der Waals surface area contributed by atoms with Crippen molar-refractivity contribution in [1.29, 1.82) is 0 Å². The lowest BCUT2D eigenvalue weighted by atomic mass is 10.2. The Kier molecular flexibility index (Phi) is 5.73. The van der Waals surface area contributed by atoms with Gasteiger partial charge < -0.3 is 9.73 Å². The third-order valence-corrected chi connectivity index (χ3v) is 6.34. The molecule has 2 atom stereocenters. The summed E-state index contributed by atoms with van der Waals surface area (Å²) >= 11 is 5.84. The Morgan fingerprint density at radius 1 is 1.32 bits per heavy atom. The summed E-state index contributed by atoms with van der Waals surface area (Å²) in [5, 5.41) is 11.2. The van der Waals surface area contributed by atoms with E-state index in [-0.39, 0.29) is 6.04 Å². The van der Waals surface area contributed by atoms with Gasteiger partial charge in [0.25, 0.3) is 0 Å². The van der Waals surface area contributed by atoms with Crippen LogP contribution in [0.3, 0.4) is 0 Å². The van der Waals surface area contributed by atoms with Gasteiger partial charge in [-0.05, 0) is 30.5 Å². The van der Waals surface area contributed by atoms with E-state index in [9.17, 15) is 8.42 Å². The van der Waals surface area contributed by atoms with Crippen molar-refractivity contribution in [3.63, 3.8) is 0 Å². The van der Waals surface area contributed by atoms with Crippen molar-refractivity contribution >= 4 is 21.6 Å². The second-order valence-electron chi connectivity index (χ2n) is 6.02. The third kappa shape index (κ3) is 4.58. The summed E-state index contributed by atoms with van der Waals surface area (Å²) in [6.07, 6.45) is 1.69. The maximum absolute atomic E-state index is 12.5. The van der Waals surface area contributed by atoms with Crippen LogP contribution in [0.4, 0.5) is 0 Å². The van der Waals surface area contributed by atoms with Crippen LogP contribution < -0.4 is 10.0 Å². The Hall–Kier alpha value is -1.48. The van der Waals surface area contributed by atoms with Gasteiger partial charge in [-0.1, -0.05) is 30.7 Å². The Morgan fingerprint density at radius 3 is 2.76 bits per heavy atom. The third-order valence-electron chi connectivity index (χ3n) is 4.24. The second-order valence-corrected chi connectivity index (χ2v) is 8.50. The van der Waals surface area contributed by atoms with Gasteiger partial charge in [-0.2, -0.15) is 0 Å². The molecule has 7 nitrogen and oxygen atoms in total. The Bertz CT molecular complexity index is 807. The van der Waals surface area contributed by atoms with Crippen LogP contribution >= 0.6 is 11.6 Å².